The van der Waals surface area contributed by atoms with Crippen molar-refractivity contribution < 1.29 is 44.8 Å². The van der Waals surface area contributed by atoms with Gasteiger partial charge in [-0.05, 0) is 69.4 Å². The number of H-pyrrole nitrogens is 1. The van der Waals surface area contributed by atoms with Crippen molar-refractivity contribution in [3.05, 3.63) is 109 Å². The maximum absolute atomic E-state index is 15.7. The zero-order valence-corrected chi connectivity index (χ0v) is 32.5. The number of aromatic amines is 1. The minimum absolute atomic E-state index is 0.0444. The normalized spacial score (nSPS) is 13.2. The third-order valence-corrected chi connectivity index (χ3v) is 13.3. The second kappa shape index (κ2) is 16.6. The molecule has 0 amide bonds. The summed E-state index contributed by atoms with van der Waals surface area (Å²) in [5, 5.41) is 14.9. The predicted octanol–water partition coefficient (Wildman–Crippen LogP) is 10.1. The van der Waals surface area contributed by atoms with Gasteiger partial charge in [0.15, 0.2) is 5.82 Å². The molecular weight excluding hydrogens is 834 g/mol. The Morgan fingerprint density at radius 2 is 1.10 bits per heavy atom. The van der Waals surface area contributed by atoms with Crippen LogP contribution in [-0.4, -0.2) is 47.1 Å². The van der Waals surface area contributed by atoms with Crippen LogP contribution < -0.4 is 0 Å². The fourth-order valence-corrected chi connectivity index (χ4v) is 10.4. The molecule has 272 valence electrons. The van der Waals surface area contributed by atoms with Crippen LogP contribution in [0.4, 0.5) is 17.6 Å². The molecule has 0 aliphatic carbocycles. The second-order valence-corrected chi connectivity index (χ2v) is 16.8. The predicted molar refractivity (Wildman–Crippen MR) is 187 cm³/mol. The van der Waals surface area contributed by atoms with Crippen molar-refractivity contribution in [2.75, 3.05) is 26.4 Å². The minimum Gasteiger partial charge on any atom is -0.304 e. The lowest BCUT2D eigenvalue weighted by Crippen LogP contribution is -2.35. The molecule has 18 heteroatoms. The third kappa shape index (κ3) is 8.02. The molecule has 0 aliphatic rings. The third-order valence-electron chi connectivity index (χ3n) is 7.71. The molecule has 3 aromatic carbocycles. The summed E-state index contributed by atoms with van der Waals surface area (Å²) in [6, 6.07) is 17.3. The molecule has 0 saturated heterocycles. The fraction of sp³-hybridized carbons (Fsp3) is 0.406. The molecule has 1 aromatic heterocycles. The summed E-state index contributed by atoms with van der Waals surface area (Å²) < 4.78 is 109. The standard InChI is InChI=1S/C32H36Br2F4N4O6P2/c1-5-45-49(43,46-6-2)31(35,36)25-16-14-22(18-27(25)33)20-30(29-39-41-42-40-29,24-12-10-9-11-13-24)21-23-15-17-26(28(34)19-23)32(37,38)50(44,47-7-3)48-8-4/h9-19H,5-8,20-21H2,1-4H3,(H,39,40,41,42). The Morgan fingerprint density at radius 3 is 1.44 bits per heavy atom. The van der Waals surface area contributed by atoms with Gasteiger partial charge in [0, 0.05) is 20.1 Å². The topological polar surface area (TPSA) is 126 Å². The Morgan fingerprint density at radius 1 is 0.680 bits per heavy atom. The molecule has 1 heterocycles. The van der Waals surface area contributed by atoms with E-state index in [4.69, 9.17) is 18.1 Å². The van der Waals surface area contributed by atoms with Crippen LogP contribution in [-0.2, 0) is 56.8 Å². The van der Waals surface area contributed by atoms with Gasteiger partial charge >= 0.3 is 26.5 Å². The van der Waals surface area contributed by atoms with Crippen molar-refractivity contribution in [3.8, 4) is 0 Å². The number of nitrogens with zero attached hydrogens (tertiary/aromatic N) is 3. The van der Waals surface area contributed by atoms with Crippen molar-refractivity contribution in [3.63, 3.8) is 0 Å². The minimum atomic E-state index is -4.89. The quantitative estimate of drug-likeness (QED) is 0.0768. The number of aromatic nitrogens is 4. The number of tetrazole rings is 1. The van der Waals surface area contributed by atoms with Crippen molar-refractivity contribution >= 4 is 47.1 Å². The van der Waals surface area contributed by atoms with Gasteiger partial charge in [-0.25, -0.2) is 0 Å². The van der Waals surface area contributed by atoms with Gasteiger partial charge in [0.05, 0.1) is 31.8 Å². The highest BCUT2D eigenvalue weighted by Crippen LogP contribution is 2.68. The summed E-state index contributed by atoms with van der Waals surface area (Å²) in [5.41, 5.74) is -8.46. The van der Waals surface area contributed by atoms with Gasteiger partial charge in [0.25, 0.3) is 0 Å². The molecule has 10 nitrogen and oxygen atoms in total. The first-order valence-corrected chi connectivity index (χ1v) is 20.2. The van der Waals surface area contributed by atoms with Crippen molar-refractivity contribution in [2.24, 2.45) is 0 Å². The van der Waals surface area contributed by atoms with Crippen molar-refractivity contribution in [1.82, 2.24) is 20.6 Å². The summed E-state index contributed by atoms with van der Waals surface area (Å²) in [5.74, 6) is 0.245. The van der Waals surface area contributed by atoms with Crippen LogP contribution in [0.2, 0.25) is 0 Å². The lowest BCUT2D eigenvalue weighted by atomic mass is 9.70. The number of benzene rings is 3. The maximum atomic E-state index is 15.7. The Labute approximate surface area is 304 Å². The number of hydrogen-bond acceptors (Lipinski definition) is 9. The molecule has 0 radical (unpaired) electrons. The van der Waals surface area contributed by atoms with Gasteiger partial charge in [0.1, 0.15) is 0 Å². The van der Waals surface area contributed by atoms with E-state index in [1.54, 1.807) is 12.1 Å². The van der Waals surface area contributed by atoms with E-state index in [9.17, 15) is 9.13 Å². The molecule has 0 atom stereocenters. The number of nitrogens with one attached hydrogen (secondary N) is 1. The van der Waals surface area contributed by atoms with Gasteiger partial charge in [-0.3, -0.25) is 9.13 Å². The number of halogens is 6. The average Bonchev–Trinajstić information content (AvgIpc) is 3.61. The first kappa shape index (κ1) is 40.5. The van der Waals surface area contributed by atoms with Gasteiger partial charge in [-0.1, -0.05) is 91.7 Å². The van der Waals surface area contributed by atoms with Crippen LogP contribution in [0.1, 0.15) is 61.3 Å². The zero-order chi connectivity index (χ0) is 36.8. The van der Waals surface area contributed by atoms with Crippen molar-refractivity contribution in [2.45, 2.75) is 57.3 Å². The van der Waals surface area contributed by atoms with E-state index in [1.165, 1.54) is 52.0 Å². The van der Waals surface area contributed by atoms with E-state index in [-0.39, 0.29) is 54.0 Å². The Hall–Kier alpha value is -2.29. The highest BCUT2D eigenvalue weighted by atomic mass is 79.9. The first-order chi connectivity index (χ1) is 23.6. The Bertz CT molecular complexity index is 1730. The van der Waals surface area contributed by atoms with E-state index in [0.717, 1.165) is 12.1 Å². The number of hydrogen-bond donors (Lipinski definition) is 1. The van der Waals surface area contributed by atoms with Gasteiger partial charge < -0.3 is 18.1 Å². The maximum Gasteiger partial charge on any atom is 0.404 e. The van der Waals surface area contributed by atoms with Crippen LogP contribution in [0, 0.1) is 0 Å². The molecule has 0 saturated carbocycles. The van der Waals surface area contributed by atoms with Crippen LogP contribution in [0.5, 0.6) is 0 Å². The molecule has 50 heavy (non-hydrogen) atoms. The number of alkyl halides is 4. The molecule has 0 unspecified atom stereocenters. The van der Waals surface area contributed by atoms with E-state index >= 15 is 17.6 Å². The van der Waals surface area contributed by atoms with Gasteiger partial charge in [-0.15, -0.1) is 10.2 Å². The zero-order valence-electron chi connectivity index (χ0n) is 27.5. The lowest BCUT2D eigenvalue weighted by Gasteiger charge is -2.33. The average molecular weight is 870 g/mol. The summed E-state index contributed by atoms with van der Waals surface area (Å²) >= 11 is 6.50. The Balaban J connectivity index is 1.82. The van der Waals surface area contributed by atoms with E-state index < -0.39 is 43.1 Å². The summed E-state index contributed by atoms with van der Waals surface area (Å²) in [6.45, 7) is 4.77. The number of rotatable bonds is 18. The summed E-state index contributed by atoms with van der Waals surface area (Å²) in [7, 11) is -9.77. The van der Waals surface area contributed by atoms with Crippen LogP contribution in [0.25, 0.3) is 0 Å². The Kier molecular flexibility index (Phi) is 13.4. The van der Waals surface area contributed by atoms with Crippen molar-refractivity contribution in [1.29, 1.82) is 0 Å². The summed E-state index contributed by atoms with van der Waals surface area (Å²) in [6.07, 6.45) is 0.240. The molecular formula is C32H36Br2F4N4O6P2. The molecule has 0 bridgehead atoms. The van der Waals surface area contributed by atoms with Crippen LogP contribution >= 0.6 is 47.1 Å². The molecule has 4 aromatic rings. The highest BCUT2D eigenvalue weighted by Gasteiger charge is 2.57. The molecule has 0 aliphatic heterocycles. The second-order valence-electron chi connectivity index (χ2n) is 10.9. The van der Waals surface area contributed by atoms with E-state index in [2.05, 4.69) is 52.5 Å². The van der Waals surface area contributed by atoms with Crippen LogP contribution in [0.3, 0.4) is 0 Å². The monoisotopic (exact) mass is 868 g/mol. The molecule has 0 fully saturated rings. The first-order valence-electron chi connectivity index (χ1n) is 15.6. The fourth-order valence-electron chi connectivity index (χ4n) is 5.57. The van der Waals surface area contributed by atoms with E-state index in [1.807, 2.05) is 18.2 Å². The van der Waals surface area contributed by atoms with E-state index in [0.29, 0.717) is 16.7 Å². The van der Waals surface area contributed by atoms with Crippen LogP contribution in [0.15, 0.2) is 75.7 Å². The highest BCUT2D eigenvalue weighted by molar-refractivity contribution is 9.10. The van der Waals surface area contributed by atoms with Gasteiger partial charge in [-0.2, -0.15) is 22.8 Å². The molecule has 0 spiro atoms. The van der Waals surface area contributed by atoms with Gasteiger partial charge in [0.2, 0.25) is 0 Å². The summed E-state index contributed by atoms with van der Waals surface area (Å²) in [4.78, 5) is 0. The molecule has 1 N–H and O–H groups in total. The smallest absolute Gasteiger partial charge is 0.304 e. The molecule has 4 rings (SSSR count). The largest absolute Gasteiger partial charge is 0.404 e. The SMILES string of the molecule is CCOP(=O)(OCC)C(F)(F)c1ccc(CC(Cc2ccc(C(F)(F)P(=O)(OCC)OCC)c(Br)c2)(c2ccccc2)c2nn[nH]n2)cc1Br. The lowest BCUT2D eigenvalue weighted by molar-refractivity contribution is 0.0354.